The zero-order valence-electron chi connectivity index (χ0n) is 13.8. The highest BCUT2D eigenvalue weighted by atomic mass is 32.2. The van der Waals surface area contributed by atoms with E-state index in [4.69, 9.17) is 4.74 Å². The Bertz CT molecular complexity index is 672. The number of amides is 1. The summed E-state index contributed by atoms with van der Waals surface area (Å²) < 4.78 is 5.47. The molecular formula is C19H22N2O2S. The average Bonchev–Trinajstić information content (AvgIpc) is 2.67. The molecule has 1 amide bonds. The Labute approximate surface area is 147 Å². The van der Waals surface area contributed by atoms with Crippen LogP contribution in [0.4, 0.5) is 0 Å². The fourth-order valence-electron chi connectivity index (χ4n) is 3.07. The van der Waals surface area contributed by atoms with Gasteiger partial charge in [0.1, 0.15) is 0 Å². The van der Waals surface area contributed by atoms with Crippen LogP contribution in [0.5, 0.6) is 0 Å². The highest BCUT2D eigenvalue weighted by Crippen LogP contribution is 2.30. The van der Waals surface area contributed by atoms with Gasteiger partial charge >= 0.3 is 0 Å². The SMILES string of the molecule is CSc1cccc(C(=O)N[C@@H](c2cccnc2)C2CCOCC2)c1. The van der Waals surface area contributed by atoms with Crippen LogP contribution in [0.3, 0.4) is 0 Å². The Kier molecular flexibility index (Phi) is 5.88. The number of hydrogen-bond acceptors (Lipinski definition) is 4. The number of hydrogen-bond donors (Lipinski definition) is 1. The number of rotatable bonds is 5. The van der Waals surface area contributed by atoms with E-state index in [0.29, 0.717) is 11.5 Å². The van der Waals surface area contributed by atoms with Crippen LogP contribution in [0.2, 0.25) is 0 Å². The summed E-state index contributed by atoms with van der Waals surface area (Å²) in [5.41, 5.74) is 1.75. The third-order valence-electron chi connectivity index (χ3n) is 4.40. The van der Waals surface area contributed by atoms with Crippen LogP contribution >= 0.6 is 11.8 Å². The fraction of sp³-hybridized carbons (Fsp3) is 0.368. The molecule has 0 radical (unpaired) electrons. The van der Waals surface area contributed by atoms with E-state index in [1.165, 1.54) is 0 Å². The molecule has 5 heteroatoms. The molecule has 1 N–H and O–H groups in total. The minimum atomic E-state index is -0.0359. The molecule has 1 aromatic carbocycles. The van der Waals surface area contributed by atoms with Gasteiger partial charge in [-0.15, -0.1) is 11.8 Å². The van der Waals surface area contributed by atoms with Crippen LogP contribution in [-0.2, 0) is 4.74 Å². The van der Waals surface area contributed by atoms with Gasteiger partial charge in [-0.3, -0.25) is 9.78 Å². The minimum Gasteiger partial charge on any atom is -0.381 e. The van der Waals surface area contributed by atoms with Crippen molar-refractivity contribution in [1.29, 1.82) is 0 Å². The van der Waals surface area contributed by atoms with E-state index in [-0.39, 0.29) is 11.9 Å². The van der Waals surface area contributed by atoms with Gasteiger partial charge in [0.2, 0.25) is 0 Å². The van der Waals surface area contributed by atoms with E-state index in [2.05, 4.69) is 10.3 Å². The first-order valence-corrected chi connectivity index (χ1v) is 9.43. The van der Waals surface area contributed by atoms with Gasteiger partial charge < -0.3 is 10.1 Å². The van der Waals surface area contributed by atoms with Gasteiger partial charge in [-0.05, 0) is 54.8 Å². The van der Waals surface area contributed by atoms with Crippen LogP contribution in [0.25, 0.3) is 0 Å². The number of carbonyl (C=O) groups excluding carboxylic acids is 1. The zero-order valence-corrected chi connectivity index (χ0v) is 14.6. The topological polar surface area (TPSA) is 51.2 Å². The quantitative estimate of drug-likeness (QED) is 0.842. The standard InChI is InChI=1S/C19H22N2O2S/c1-24-17-6-2-4-15(12-17)19(22)21-18(14-7-10-23-11-8-14)16-5-3-9-20-13-16/h2-6,9,12-14,18H,7-8,10-11H2,1H3,(H,21,22)/t18-/m1/s1. The number of ether oxygens (including phenoxy) is 1. The first-order valence-electron chi connectivity index (χ1n) is 8.20. The van der Waals surface area contributed by atoms with E-state index in [1.807, 2.05) is 48.9 Å². The Morgan fingerprint density at radius 2 is 2.12 bits per heavy atom. The van der Waals surface area contributed by atoms with Gasteiger partial charge in [-0.2, -0.15) is 0 Å². The molecule has 1 saturated heterocycles. The lowest BCUT2D eigenvalue weighted by Crippen LogP contribution is -2.36. The van der Waals surface area contributed by atoms with E-state index >= 15 is 0 Å². The second kappa shape index (κ2) is 8.31. The van der Waals surface area contributed by atoms with Crippen molar-refractivity contribution in [2.45, 2.75) is 23.8 Å². The average molecular weight is 342 g/mol. The molecule has 126 valence electrons. The number of benzene rings is 1. The molecule has 0 bridgehead atoms. The first-order chi connectivity index (χ1) is 11.8. The molecule has 0 saturated carbocycles. The maximum absolute atomic E-state index is 12.8. The summed E-state index contributed by atoms with van der Waals surface area (Å²) in [6, 6.07) is 11.7. The maximum Gasteiger partial charge on any atom is 0.251 e. The largest absolute Gasteiger partial charge is 0.381 e. The third kappa shape index (κ3) is 4.16. The van der Waals surface area contributed by atoms with E-state index in [1.54, 1.807) is 18.0 Å². The third-order valence-corrected chi connectivity index (χ3v) is 5.12. The lowest BCUT2D eigenvalue weighted by molar-refractivity contribution is 0.0513. The lowest BCUT2D eigenvalue weighted by atomic mass is 9.87. The number of thioether (sulfide) groups is 1. The molecule has 1 aromatic heterocycles. The van der Waals surface area contributed by atoms with Crippen molar-refractivity contribution in [1.82, 2.24) is 10.3 Å². The maximum atomic E-state index is 12.8. The Morgan fingerprint density at radius 1 is 1.29 bits per heavy atom. The number of carbonyl (C=O) groups is 1. The molecule has 1 atom stereocenters. The van der Waals surface area contributed by atoms with E-state index in [0.717, 1.165) is 36.5 Å². The van der Waals surface area contributed by atoms with E-state index in [9.17, 15) is 4.79 Å². The molecule has 1 aliphatic rings. The molecular weight excluding hydrogens is 320 g/mol. The zero-order chi connectivity index (χ0) is 16.8. The van der Waals surface area contributed by atoms with E-state index < -0.39 is 0 Å². The van der Waals surface area contributed by atoms with Crippen LogP contribution in [-0.4, -0.2) is 30.4 Å². The minimum absolute atomic E-state index is 0.0342. The monoisotopic (exact) mass is 342 g/mol. The molecule has 0 spiro atoms. The normalized spacial score (nSPS) is 16.5. The molecule has 24 heavy (non-hydrogen) atoms. The summed E-state index contributed by atoms with van der Waals surface area (Å²) in [5, 5.41) is 3.23. The van der Waals surface area contributed by atoms with Crippen LogP contribution in [0.1, 0.15) is 34.8 Å². The molecule has 1 fully saturated rings. The highest BCUT2D eigenvalue weighted by Gasteiger charge is 2.27. The fourth-order valence-corrected chi connectivity index (χ4v) is 3.53. The van der Waals surface area contributed by atoms with Crippen LogP contribution in [0.15, 0.2) is 53.7 Å². The second-order valence-corrected chi connectivity index (χ2v) is 6.80. The lowest BCUT2D eigenvalue weighted by Gasteiger charge is -2.31. The van der Waals surface area contributed by atoms with Crippen molar-refractivity contribution < 1.29 is 9.53 Å². The highest BCUT2D eigenvalue weighted by molar-refractivity contribution is 7.98. The summed E-state index contributed by atoms with van der Waals surface area (Å²) in [6.45, 7) is 1.50. The first kappa shape index (κ1) is 17.0. The number of aromatic nitrogens is 1. The summed E-state index contributed by atoms with van der Waals surface area (Å²) in [7, 11) is 0. The van der Waals surface area contributed by atoms with Crippen LogP contribution < -0.4 is 5.32 Å². The van der Waals surface area contributed by atoms with Crippen molar-refractivity contribution in [3.05, 3.63) is 59.9 Å². The Balaban J connectivity index is 1.81. The molecule has 3 rings (SSSR count). The molecule has 4 nitrogen and oxygen atoms in total. The molecule has 0 unspecified atom stereocenters. The predicted molar refractivity (Wildman–Crippen MR) is 96.2 cm³/mol. The van der Waals surface area contributed by atoms with Gasteiger partial charge in [0.15, 0.2) is 0 Å². The smallest absolute Gasteiger partial charge is 0.251 e. The van der Waals surface area contributed by atoms with Crippen molar-refractivity contribution in [3.63, 3.8) is 0 Å². The van der Waals surface area contributed by atoms with Crippen molar-refractivity contribution in [2.24, 2.45) is 5.92 Å². The van der Waals surface area contributed by atoms with Gasteiger partial charge in [0.25, 0.3) is 5.91 Å². The summed E-state index contributed by atoms with van der Waals surface area (Å²) in [5.74, 6) is 0.335. The van der Waals surface area contributed by atoms with Gasteiger partial charge in [0.05, 0.1) is 6.04 Å². The number of nitrogens with zero attached hydrogens (tertiary/aromatic N) is 1. The Morgan fingerprint density at radius 3 is 2.83 bits per heavy atom. The van der Waals surface area contributed by atoms with Gasteiger partial charge in [0, 0.05) is 36.1 Å². The van der Waals surface area contributed by atoms with Gasteiger partial charge in [-0.25, -0.2) is 0 Å². The Hall–Kier alpha value is -1.85. The summed E-state index contributed by atoms with van der Waals surface area (Å²) in [4.78, 5) is 18.1. The predicted octanol–water partition coefficient (Wildman–Crippen LogP) is 3.70. The van der Waals surface area contributed by atoms with Crippen molar-refractivity contribution >= 4 is 17.7 Å². The molecule has 0 aliphatic carbocycles. The van der Waals surface area contributed by atoms with Crippen molar-refractivity contribution in [2.75, 3.05) is 19.5 Å². The molecule has 2 aromatic rings. The molecule has 1 aliphatic heterocycles. The second-order valence-electron chi connectivity index (χ2n) is 5.92. The molecule has 2 heterocycles. The summed E-state index contributed by atoms with van der Waals surface area (Å²) >= 11 is 1.64. The summed E-state index contributed by atoms with van der Waals surface area (Å²) in [6.07, 6.45) is 7.51. The van der Waals surface area contributed by atoms with Gasteiger partial charge in [-0.1, -0.05) is 12.1 Å². The van der Waals surface area contributed by atoms with Crippen molar-refractivity contribution in [3.8, 4) is 0 Å². The van der Waals surface area contributed by atoms with Crippen LogP contribution in [0, 0.1) is 5.92 Å². The number of nitrogens with one attached hydrogen (secondary N) is 1. The number of pyridine rings is 1.